The van der Waals surface area contributed by atoms with Gasteiger partial charge in [0.05, 0.1) is 24.3 Å². The number of benzene rings is 1. The number of nitriles is 2. The largest absolute Gasteiger partial charge is 0.461 e. The first-order valence-electron chi connectivity index (χ1n) is 9.72. The van der Waals surface area contributed by atoms with E-state index in [2.05, 4.69) is 29.5 Å². The fourth-order valence-corrected chi connectivity index (χ4v) is 3.52. The minimum absolute atomic E-state index is 0.123. The average molecular weight is 464 g/mol. The highest BCUT2D eigenvalue weighted by molar-refractivity contribution is 7.16. The monoisotopic (exact) mass is 463 g/mol. The van der Waals surface area contributed by atoms with E-state index in [1.54, 1.807) is 31.2 Å². The number of hydrogen-bond donors (Lipinski definition) is 0. The van der Waals surface area contributed by atoms with Crippen molar-refractivity contribution in [2.45, 2.75) is 6.92 Å². The Morgan fingerprint density at radius 1 is 1.03 bits per heavy atom. The van der Waals surface area contributed by atoms with Gasteiger partial charge in [0.2, 0.25) is 0 Å². The number of azo groups is 1. The molecule has 0 radical (unpaired) electrons. The number of anilines is 1. The molecule has 0 spiro atoms. The van der Waals surface area contributed by atoms with Crippen LogP contribution in [0.15, 0.2) is 59.8 Å². The molecule has 0 unspecified atom stereocenters. The molecule has 0 aliphatic carbocycles. The van der Waals surface area contributed by atoms with Crippen LogP contribution in [-0.2, 0) is 19.1 Å². The predicted molar refractivity (Wildman–Crippen MR) is 124 cm³/mol. The molecule has 0 atom stereocenters. The molecule has 2 aromatic rings. The summed E-state index contributed by atoms with van der Waals surface area (Å²) in [5.74, 6) is -1.05. The summed E-state index contributed by atoms with van der Waals surface area (Å²) < 4.78 is 10.1. The lowest BCUT2D eigenvalue weighted by Gasteiger charge is -2.24. The van der Waals surface area contributed by atoms with E-state index in [9.17, 15) is 14.9 Å². The van der Waals surface area contributed by atoms with Crippen molar-refractivity contribution in [2.75, 3.05) is 31.2 Å². The van der Waals surface area contributed by atoms with Gasteiger partial charge >= 0.3 is 11.9 Å². The number of ether oxygens (including phenoxy) is 2. The molecule has 1 heterocycles. The Kier molecular flexibility index (Phi) is 9.50. The van der Waals surface area contributed by atoms with Crippen LogP contribution >= 0.6 is 11.3 Å². The van der Waals surface area contributed by atoms with E-state index in [4.69, 9.17) is 14.7 Å². The third kappa shape index (κ3) is 7.13. The van der Waals surface area contributed by atoms with Crippen molar-refractivity contribution in [3.63, 3.8) is 0 Å². The van der Waals surface area contributed by atoms with E-state index < -0.39 is 11.9 Å². The van der Waals surface area contributed by atoms with Gasteiger partial charge < -0.3 is 14.4 Å². The van der Waals surface area contributed by atoms with Gasteiger partial charge in [0.1, 0.15) is 30.2 Å². The van der Waals surface area contributed by atoms with Gasteiger partial charge in [-0.25, -0.2) is 9.59 Å². The molecule has 0 N–H and O–H groups in total. The number of esters is 2. The highest BCUT2D eigenvalue weighted by atomic mass is 32.1. The summed E-state index contributed by atoms with van der Waals surface area (Å²) in [4.78, 5) is 24.9. The molecule has 1 aromatic heterocycles. The molecule has 0 aliphatic heterocycles. The Morgan fingerprint density at radius 3 is 2.09 bits per heavy atom. The van der Waals surface area contributed by atoms with Crippen molar-refractivity contribution in [3.8, 4) is 12.1 Å². The molecule has 1 aromatic carbocycles. The highest BCUT2D eigenvalue weighted by Gasteiger charge is 2.14. The molecule has 168 valence electrons. The first-order chi connectivity index (χ1) is 15.9. The van der Waals surface area contributed by atoms with Crippen molar-refractivity contribution < 1.29 is 19.1 Å². The van der Waals surface area contributed by atoms with Crippen LogP contribution in [-0.4, -0.2) is 38.2 Å². The fourth-order valence-electron chi connectivity index (χ4n) is 2.64. The standard InChI is InChI=1S/C23H21N5O4S/c1-4-21(29)31-12-10-28(11-13-32-22(30)5-2)18-8-6-17(7-9-18)26-27-23-19(14-24)16(3)20(15-25)33-23/h4-9H,1-2,10-13H2,3H3. The maximum Gasteiger partial charge on any atom is 0.330 e. The second kappa shape index (κ2) is 12.5. The maximum atomic E-state index is 11.3. The molecule has 10 heteroatoms. The number of thiophene rings is 1. The summed E-state index contributed by atoms with van der Waals surface area (Å²) in [6.07, 6.45) is 2.17. The second-order valence-electron chi connectivity index (χ2n) is 6.41. The molecule has 2 rings (SSSR count). The Hall–Kier alpha value is -4.28. The van der Waals surface area contributed by atoms with Gasteiger partial charge in [-0.05, 0) is 36.8 Å². The average Bonchev–Trinajstić information content (AvgIpc) is 3.15. The summed E-state index contributed by atoms with van der Waals surface area (Å²) in [5, 5.41) is 27.1. The zero-order valence-corrected chi connectivity index (χ0v) is 18.8. The van der Waals surface area contributed by atoms with Crippen LogP contribution in [0.2, 0.25) is 0 Å². The number of rotatable bonds is 11. The van der Waals surface area contributed by atoms with Crippen molar-refractivity contribution in [3.05, 3.63) is 65.6 Å². The highest BCUT2D eigenvalue weighted by Crippen LogP contribution is 2.35. The number of hydrogen-bond acceptors (Lipinski definition) is 10. The first-order valence-corrected chi connectivity index (χ1v) is 10.5. The van der Waals surface area contributed by atoms with Gasteiger partial charge in [-0.1, -0.05) is 13.2 Å². The van der Waals surface area contributed by atoms with Crippen LogP contribution in [0, 0.1) is 29.6 Å². The molecule has 0 amide bonds. The lowest BCUT2D eigenvalue weighted by atomic mass is 10.2. The van der Waals surface area contributed by atoms with Gasteiger partial charge in [-0.3, -0.25) is 0 Å². The normalized spacial score (nSPS) is 10.2. The fraction of sp³-hybridized carbons (Fsp3) is 0.217. The van der Waals surface area contributed by atoms with Crippen molar-refractivity contribution in [1.82, 2.24) is 0 Å². The molecular weight excluding hydrogens is 442 g/mol. The van der Waals surface area contributed by atoms with Crippen LogP contribution in [0.3, 0.4) is 0 Å². The van der Waals surface area contributed by atoms with Crippen LogP contribution in [0.5, 0.6) is 0 Å². The topological polar surface area (TPSA) is 128 Å². The summed E-state index contributed by atoms with van der Waals surface area (Å²) in [5.41, 5.74) is 2.27. The second-order valence-corrected chi connectivity index (χ2v) is 7.41. The molecule has 0 fully saturated rings. The van der Waals surface area contributed by atoms with E-state index in [-0.39, 0.29) is 13.2 Å². The SMILES string of the molecule is C=CC(=O)OCCN(CCOC(=O)C=C)c1ccc(N=Nc2sc(C#N)c(C)c2C#N)cc1. The first kappa shape index (κ1) is 25.0. The molecule has 0 saturated carbocycles. The van der Waals surface area contributed by atoms with Crippen molar-refractivity contribution >= 4 is 39.7 Å². The van der Waals surface area contributed by atoms with Crippen LogP contribution in [0.1, 0.15) is 16.0 Å². The van der Waals surface area contributed by atoms with E-state index in [1.807, 2.05) is 11.0 Å². The molecule has 9 nitrogen and oxygen atoms in total. The molecule has 0 aliphatic rings. The predicted octanol–water partition coefficient (Wildman–Crippen LogP) is 4.48. The minimum atomic E-state index is -0.524. The zero-order valence-electron chi connectivity index (χ0n) is 18.0. The lowest BCUT2D eigenvalue weighted by Crippen LogP contribution is -2.31. The molecule has 0 bridgehead atoms. The Labute approximate surface area is 195 Å². The summed E-state index contributed by atoms with van der Waals surface area (Å²) in [6, 6.07) is 11.2. The van der Waals surface area contributed by atoms with Crippen molar-refractivity contribution in [1.29, 1.82) is 10.5 Å². The van der Waals surface area contributed by atoms with Gasteiger partial charge in [-0.15, -0.1) is 21.6 Å². The molecular formula is C23H21N5O4S. The molecule has 0 saturated heterocycles. The molecule has 33 heavy (non-hydrogen) atoms. The van der Waals surface area contributed by atoms with Gasteiger partial charge in [0.15, 0.2) is 5.00 Å². The number of nitrogens with zero attached hydrogens (tertiary/aromatic N) is 5. The van der Waals surface area contributed by atoms with Gasteiger partial charge in [0.25, 0.3) is 0 Å². The smallest absolute Gasteiger partial charge is 0.330 e. The van der Waals surface area contributed by atoms with E-state index in [1.165, 1.54) is 0 Å². The van der Waals surface area contributed by atoms with Crippen molar-refractivity contribution in [2.24, 2.45) is 10.2 Å². The van der Waals surface area contributed by atoms with E-state index >= 15 is 0 Å². The third-order valence-electron chi connectivity index (χ3n) is 4.36. The quantitative estimate of drug-likeness (QED) is 0.273. The summed E-state index contributed by atoms with van der Waals surface area (Å²) in [6.45, 7) is 9.39. The number of carbonyl (C=O) groups excluding carboxylic acids is 2. The minimum Gasteiger partial charge on any atom is -0.461 e. The van der Waals surface area contributed by atoms with Crippen LogP contribution in [0.4, 0.5) is 16.4 Å². The Bertz CT molecular complexity index is 1110. The zero-order chi connectivity index (χ0) is 24.2. The lowest BCUT2D eigenvalue weighted by molar-refractivity contribution is -0.137. The van der Waals surface area contributed by atoms with Gasteiger partial charge in [0, 0.05) is 17.8 Å². The Morgan fingerprint density at radius 2 is 1.61 bits per heavy atom. The maximum absolute atomic E-state index is 11.3. The number of carbonyl (C=O) groups is 2. The van der Waals surface area contributed by atoms with Crippen LogP contribution in [0.25, 0.3) is 0 Å². The third-order valence-corrected chi connectivity index (χ3v) is 5.44. The van der Waals surface area contributed by atoms with Crippen LogP contribution < -0.4 is 4.90 Å². The summed E-state index contributed by atoms with van der Waals surface area (Å²) >= 11 is 1.12. The van der Waals surface area contributed by atoms with E-state index in [0.717, 1.165) is 29.2 Å². The summed E-state index contributed by atoms with van der Waals surface area (Å²) in [7, 11) is 0. The van der Waals surface area contributed by atoms with E-state index in [0.29, 0.717) is 39.8 Å². The Balaban J connectivity index is 2.13. The van der Waals surface area contributed by atoms with Gasteiger partial charge in [-0.2, -0.15) is 10.5 Å².